The highest BCUT2D eigenvalue weighted by molar-refractivity contribution is 4.55. The van der Waals surface area contributed by atoms with E-state index in [-0.39, 0.29) is 0 Å². The van der Waals surface area contributed by atoms with Gasteiger partial charge in [0.15, 0.2) is 0 Å². The minimum absolute atomic E-state index is 1.25. The van der Waals surface area contributed by atoms with Gasteiger partial charge in [0.05, 0.1) is 0 Å². The second kappa shape index (κ2) is 5.88. The van der Waals surface area contributed by atoms with Gasteiger partial charge in [-0.1, -0.05) is 0 Å². The van der Waals surface area contributed by atoms with E-state index in [1.807, 2.05) is 0 Å². The molecule has 3 nitrogen and oxygen atoms in total. The topological polar surface area (TPSA) is 52.5 Å². The first-order valence-corrected chi connectivity index (χ1v) is 2.41. The van der Waals surface area contributed by atoms with E-state index >= 15 is 0 Å². The van der Waals surface area contributed by atoms with Crippen LogP contribution in [0.25, 0.3) is 0 Å². The van der Waals surface area contributed by atoms with E-state index in [0.29, 0.717) is 0 Å². The molecule has 44 valence electrons. The maximum Gasteiger partial charge on any atom is -0.00484 e. The number of hydrogen-bond acceptors (Lipinski definition) is 3. The summed E-state index contributed by atoms with van der Waals surface area (Å²) in [6, 6.07) is 0. The zero-order valence-corrected chi connectivity index (χ0v) is 4.22. The molecule has 0 unspecified atom stereocenters. The van der Waals surface area contributed by atoms with Gasteiger partial charge in [-0.2, -0.15) is 0 Å². The molecule has 1 heterocycles. The van der Waals surface area contributed by atoms with Crippen molar-refractivity contribution in [2.24, 2.45) is 0 Å². The zero-order valence-electron chi connectivity index (χ0n) is 4.22. The maximum atomic E-state index is 6.00. The standard InChI is InChI=1S/C4H9N.H2O2/c1-2-4-5-3-1;1-2/h5H,1-4H2;1-2H. The lowest BCUT2D eigenvalue weighted by Gasteiger charge is -1.76. The summed E-state index contributed by atoms with van der Waals surface area (Å²) in [5, 5.41) is 15.2. The van der Waals surface area contributed by atoms with Crippen molar-refractivity contribution in [2.45, 2.75) is 12.8 Å². The van der Waals surface area contributed by atoms with Gasteiger partial charge in [0.1, 0.15) is 0 Å². The minimum atomic E-state index is 1.25. The second-order valence-electron chi connectivity index (χ2n) is 1.46. The third-order valence-electron chi connectivity index (χ3n) is 0.957. The van der Waals surface area contributed by atoms with Crippen LogP contribution >= 0.6 is 0 Å². The first-order chi connectivity index (χ1) is 3.50. The minimum Gasteiger partial charge on any atom is -0.317 e. The smallest absolute Gasteiger partial charge is 0.00484 e. The molecular formula is C4H11NO2. The van der Waals surface area contributed by atoms with Crippen molar-refractivity contribution in [1.29, 1.82) is 0 Å². The Labute approximate surface area is 42.9 Å². The Morgan fingerprint density at radius 2 is 1.43 bits per heavy atom. The van der Waals surface area contributed by atoms with Crippen molar-refractivity contribution in [3.63, 3.8) is 0 Å². The summed E-state index contributed by atoms with van der Waals surface area (Å²) in [5.41, 5.74) is 0. The van der Waals surface area contributed by atoms with Crippen LogP contribution in [0.5, 0.6) is 0 Å². The lowest BCUT2D eigenvalue weighted by atomic mass is 10.4. The molecule has 0 saturated carbocycles. The van der Waals surface area contributed by atoms with Crippen molar-refractivity contribution in [3.8, 4) is 0 Å². The summed E-state index contributed by atoms with van der Waals surface area (Å²) in [6.07, 6.45) is 2.78. The summed E-state index contributed by atoms with van der Waals surface area (Å²) >= 11 is 0. The van der Waals surface area contributed by atoms with Crippen LogP contribution in [0.2, 0.25) is 0 Å². The monoisotopic (exact) mass is 105 g/mol. The zero-order chi connectivity index (χ0) is 5.54. The van der Waals surface area contributed by atoms with Crippen molar-refractivity contribution >= 4 is 0 Å². The number of nitrogens with one attached hydrogen (secondary N) is 1. The summed E-state index contributed by atoms with van der Waals surface area (Å²) in [7, 11) is 0. The van der Waals surface area contributed by atoms with Crippen molar-refractivity contribution in [3.05, 3.63) is 0 Å². The first kappa shape index (κ1) is 6.88. The van der Waals surface area contributed by atoms with E-state index in [1.54, 1.807) is 0 Å². The highest BCUT2D eigenvalue weighted by Crippen LogP contribution is 1.90. The van der Waals surface area contributed by atoms with Gasteiger partial charge >= 0.3 is 0 Å². The molecule has 7 heavy (non-hydrogen) atoms. The van der Waals surface area contributed by atoms with Gasteiger partial charge in [-0.15, -0.1) is 0 Å². The Bertz CT molecular complexity index is 21.3. The Kier molecular flexibility index (Phi) is 5.78. The van der Waals surface area contributed by atoms with E-state index in [2.05, 4.69) is 5.32 Å². The molecule has 0 aromatic carbocycles. The Hall–Kier alpha value is -0.120. The largest absolute Gasteiger partial charge is 0.317 e. The van der Waals surface area contributed by atoms with Gasteiger partial charge in [0, 0.05) is 0 Å². The molecule has 0 radical (unpaired) electrons. The van der Waals surface area contributed by atoms with Gasteiger partial charge in [-0.25, -0.2) is 0 Å². The lowest BCUT2D eigenvalue weighted by molar-refractivity contribution is -0.176. The van der Waals surface area contributed by atoms with Crippen LogP contribution in [0.15, 0.2) is 0 Å². The quantitative estimate of drug-likeness (QED) is 0.308. The van der Waals surface area contributed by atoms with Gasteiger partial charge in [0.2, 0.25) is 0 Å². The normalized spacial score (nSPS) is 18.0. The Balaban J connectivity index is 0.000000162. The van der Waals surface area contributed by atoms with Gasteiger partial charge in [-0.3, -0.25) is 10.5 Å². The van der Waals surface area contributed by atoms with E-state index in [9.17, 15) is 0 Å². The highest BCUT2D eigenvalue weighted by atomic mass is 17.0. The maximum absolute atomic E-state index is 6.00. The molecule has 1 saturated heterocycles. The van der Waals surface area contributed by atoms with E-state index in [1.165, 1.54) is 25.9 Å². The van der Waals surface area contributed by atoms with Crippen molar-refractivity contribution < 1.29 is 10.5 Å². The number of hydrogen-bond donors (Lipinski definition) is 3. The second-order valence-corrected chi connectivity index (χ2v) is 1.46. The highest BCUT2D eigenvalue weighted by Gasteiger charge is 1.93. The molecule has 3 N–H and O–H groups in total. The van der Waals surface area contributed by atoms with E-state index in [0.717, 1.165) is 0 Å². The van der Waals surface area contributed by atoms with Crippen LogP contribution < -0.4 is 5.32 Å². The predicted molar refractivity (Wildman–Crippen MR) is 27.4 cm³/mol. The van der Waals surface area contributed by atoms with Crippen LogP contribution in [0, 0.1) is 0 Å². The average Bonchev–Trinajstić information content (AvgIpc) is 2.23. The van der Waals surface area contributed by atoms with Crippen LogP contribution in [-0.4, -0.2) is 23.6 Å². The fraction of sp³-hybridized carbons (Fsp3) is 1.00. The molecule has 0 aromatic rings. The third-order valence-corrected chi connectivity index (χ3v) is 0.957. The molecule has 1 fully saturated rings. The van der Waals surface area contributed by atoms with E-state index < -0.39 is 0 Å². The molecule has 0 aromatic heterocycles. The molecule has 1 rings (SSSR count). The van der Waals surface area contributed by atoms with Crippen molar-refractivity contribution in [1.82, 2.24) is 5.32 Å². The molecule has 1 aliphatic heterocycles. The van der Waals surface area contributed by atoms with Crippen LogP contribution in [-0.2, 0) is 0 Å². The first-order valence-electron chi connectivity index (χ1n) is 2.41. The van der Waals surface area contributed by atoms with Crippen LogP contribution in [0.4, 0.5) is 0 Å². The third kappa shape index (κ3) is 3.72. The molecule has 1 aliphatic rings. The summed E-state index contributed by atoms with van der Waals surface area (Å²) < 4.78 is 0. The number of rotatable bonds is 0. The fourth-order valence-corrected chi connectivity index (χ4v) is 0.625. The molecule has 0 spiro atoms. The summed E-state index contributed by atoms with van der Waals surface area (Å²) in [6.45, 7) is 2.50. The average molecular weight is 105 g/mol. The molecule has 0 aliphatic carbocycles. The molecule has 0 atom stereocenters. The Morgan fingerprint density at radius 1 is 1.00 bits per heavy atom. The van der Waals surface area contributed by atoms with Gasteiger partial charge in [-0.05, 0) is 25.9 Å². The van der Waals surface area contributed by atoms with E-state index in [4.69, 9.17) is 10.5 Å². The van der Waals surface area contributed by atoms with Crippen molar-refractivity contribution in [2.75, 3.05) is 13.1 Å². The fourth-order valence-electron chi connectivity index (χ4n) is 0.625. The van der Waals surface area contributed by atoms with Gasteiger partial charge < -0.3 is 5.32 Å². The molecule has 0 amide bonds. The molecule has 3 heteroatoms. The van der Waals surface area contributed by atoms with Crippen LogP contribution in [0.1, 0.15) is 12.8 Å². The molecule has 0 bridgehead atoms. The van der Waals surface area contributed by atoms with Gasteiger partial charge in [0.25, 0.3) is 0 Å². The summed E-state index contributed by atoms with van der Waals surface area (Å²) in [4.78, 5) is 0. The molecular weight excluding hydrogens is 94.0 g/mol. The predicted octanol–water partition coefficient (Wildman–Crippen LogP) is 0.387. The SMILES string of the molecule is C1CCNC1.OO. The van der Waals surface area contributed by atoms with Crippen LogP contribution in [0.3, 0.4) is 0 Å². The lowest BCUT2D eigenvalue weighted by Crippen LogP contribution is -2.03. The summed E-state index contributed by atoms with van der Waals surface area (Å²) in [5.74, 6) is 0. The Morgan fingerprint density at radius 3 is 1.57 bits per heavy atom.